The molecule has 0 unspecified atom stereocenters. The van der Waals surface area contributed by atoms with Gasteiger partial charge in [0.15, 0.2) is 17.3 Å². The van der Waals surface area contributed by atoms with Gasteiger partial charge in [-0.25, -0.2) is 0 Å². The Labute approximate surface area is 181 Å². The van der Waals surface area contributed by atoms with Crippen LogP contribution in [-0.4, -0.2) is 39.7 Å². The molecule has 0 saturated heterocycles. The molecule has 0 aliphatic carbocycles. The van der Waals surface area contributed by atoms with Gasteiger partial charge in [-0.1, -0.05) is 31.2 Å². The maximum atomic E-state index is 13.0. The van der Waals surface area contributed by atoms with Gasteiger partial charge in [-0.05, 0) is 42.3 Å². The Balaban J connectivity index is 1.89. The summed E-state index contributed by atoms with van der Waals surface area (Å²) in [5, 5.41) is 0. The van der Waals surface area contributed by atoms with Crippen molar-refractivity contribution >= 4 is 23.6 Å². The monoisotopic (exact) mass is 430 g/mol. The minimum absolute atomic E-state index is 0.168. The van der Waals surface area contributed by atoms with Gasteiger partial charge >= 0.3 is 0 Å². The highest BCUT2D eigenvalue weighted by Gasteiger charge is 2.20. The number of methoxy groups -OCH3 is 3. The van der Waals surface area contributed by atoms with E-state index in [0.29, 0.717) is 46.9 Å². The maximum Gasteiger partial charge on any atom is 0.203 e. The van der Waals surface area contributed by atoms with Crippen molar-refractivity contribution in [3.63, 3.8) is 0 Å². The Morgan fingerprint density at radius 2 is 1.80 bits per heavy atom. The second-order valence-corrected chi connectivity index (χ2v) is 7.52. The molecule has 1 heterocycles. The zero-order chi connectivity index (χ0) is 21.5. The lowest BCUT2D eigenvalue weighted by Gasteiger charge is -2.13. The number of carbonyl (C=O) groups excluding carboxylic acids is 1. The summed E-state index contributed by atoms with van der Waals surface area (Å²) in [6.45, 7) is 2.67. The van der Waals surface area contributed by atoms with E-state index in [4.69, 9.17) is 23.7 Å². The highest BCUT2D eigenvalue weighted by molar-refractivity contribution is 7.99. The first-order chi connectivity index (χ1) is 14.6. The van der Waals surface area contributed by atoms with E-state index in [1.807, 2.05) is 6.07 Å². The SMILES string of the molecule is CCCCOc1cc2c(cc1C(=O)/C=C/c1cc(OC)c(OC)c(OC)c1)OCS2. The fraction of sp³-hybridized carbons (Fsp3) is 0.348. The topological polar surface area (TPSA) is 63.2 Å². The first-order valence-electron chi connectivity index (χ1n) is 9.70. The molecular weight excluding hydrogens is 404 g/mol. The van der Waals surface area contributed by atoms with Crippen LogP contribution in [0.2, 0.25) is 0 Å². The Morgan fingerprint density at radius 1 is 1.07 bits per heavy atom. The molecule has 2 aromatic carbocycles. The zero-order valence-electron chi connectivity index (χ0n) is 17.7. The molecule has 2 aromatic rings. The van der Waals surface area contributed by atoms with Gasteiger partial charge in [-0.2, -0.15) is 0 Å². The molecule has 0 radical (unpaired) electrons. The number of thioether (sulfide) groups is 1. The fourth-order valence-electron chi connectivity index (χ4n) is 3.02. The Hall–Kier alpha value is -2.80. The summed E-state index contributed by atoms with van der Waals surface area (Å²) in [5.41, 5.74) is 1.23. The van der Waals surface area contributed by atoms with Crippen LogP contribution < -0.4 is 23.7 Å². The van der Waals surface area contributed by atoms with Gasteiger partial charge in [0.1, 0.15) is 17.4 Å². The number of ketones is 1. The molecule has 0 amide bonds. The molecule has 6 nitrogen and oxygen atoms in total. The lowest BCUT2D eigenvalue weighted by atomic mass is 10.1. The van der Waals surface area contributed by atoms with Crippen molar-refractivity contribution < 1.29 is 28.5 Å². The smallest absolute Gasteiger partial charge is 0.203 e. The number of allylic oxidation sites excluding steroid dienone is 1. The van der Waals surface area contributed by atoms with E-state index >= 15 is 0 Å². The van der Waals surface area contributed by atoms with Gasteiger partial charge < -0.3 is 23.7 Å². The molecule has 7 heteroatoms. The summed E-state index contributed by atoms with van der Waals surface area (Å²) < 4.78 is 27.6. The molecule has 0 N–H and O–H groups in total. The summed E-state index contributed by atoms with van der Waals surface area (Å²) in [4.78, 5) is 14.0. The van der Waals surface area contributed by atoms with Crippen LogP contribution in [0, 0.1) is 0 Å². The third kappa shape index (κ3) is 4.84. The van der Waals surface area contributed by atoms with E-state index in [9.17, 15) is 4.79 Å². The molecule has 0 atom stereocenters. The van der Waals surface area contributed by atoms with Gasteiger partial charge in [0.05, 0.1) is 38.4 Å². The third-order valence-electron chi connectivity index (χ3n) is 4.61. The second-order valence-electron chi connectivity index (χ2n) is 6.56. The van der Waals surface area contributed by atoms with E-state index in [1.54, 1.807) is 57.4 Å². The number of rotatable bonds is 10. The summed E-state index contributed by atoms with van der Waals surface area (Å²) in [5.74, 6) is 3.22. The van der Waals surface area contributed by atoms with E-state index in [0.717, 1.165) is 23.3 Å². The molecule has 0 saturated carbocycles. The fourth-order valence-corrected chi connectivity index (χ4v) is 3.78. The second kappa shape index (κ2) is 10.3. The number of hydrogen-bond donors (Lipinski definition) is 0. The number of unbranched alkanes of at least 4 members (excludes halogenated alkanes) is 1. The molecule has 3 rings (SSSR count). The predicted octanol–water partition coefficient (Wildman–Crippen LogP) is 5.23. The lowest BCUT2D eigenvalue weighted by Crippen LogP contribution is -2.04. The van der Waals surface area contributed by atoms with Crippen molar-refractivity contribution in [3.05, 3.63) is 41.5 Å². The first kappa shape index (κ1) is 21.9. The molecule has 0 fully saturated rings. The van der Waals surface area contributed by atoms with Crippen molar-refractivity contribution in [1.82, 2.24) is 0 Å². The maximum absolute atomic E-state index is 13.0. The van der Waals surface area contributed by atoms with Gasteiger partial charge in [-0.3, -0.25) is 4.79 Å². The van der Waals surface area contributed by atoms with Crippen LogP contribution in [0.25, 0.3) is 6.08 Å². The molecule has 0 spiro atoms. The highest BCUT2D eigenvalue weighted by Crippen LogP contribution is 2.41. The van der Waals surface area contributed by atoms with Gasteiger partial charge in [-0.15, -0.1) is 0 Å². The van der Waals surface area contributed by atoms with Crippen molar-refractivity contribution in [3.8, 4) is 28.7 Å². The van der Waals surface area contributed by atoms with Crippen molar-refractivity contribution in [2.24, 2.45) is 0 Å². The van der Waals surface area contributed by atoms with E-state index in [1.165, 1.54) is 6.08 Å². The first-order valence-corrected chi connectivity index (χ1v) is 10.7. The molecule has 0 bridgehead atoms. The standard InChI is InChI=1S/C23H26O6S/c1-5-6-9-28-18-13-22-19(29-14-30-22)12-16(18)17(24)8-7-15-10-20(25-2)23(27-4)21(11-15)26-3/h7-8,10-13H,5-6,9,14H2,1-4H3/b8-7+. The summed E-state index contributed by atoms with van der Waals surface area (Å²) in [7, 11) is 4.66. The summed E-state index contributed by atoms with van der Waals surface area (Å²) in [6.07, 6.45) is 5.17. The number of fused-ring (bicyclic) bond motifs is 1. The molecular formula is C23H26O6S. The largest absolute Gasteiger partial charge is 0.493 e. The Kier molecular flexibility index (Phi) is 7.52. The molecule has 0 aromatic heterocycles. The van der Waals surface area contributed by atoms with Crippen LogP contribution in [0.5, 0.6) is 28.7 Å². The average molecular weight is 431 g/mol. The van der Waals surface area contributed by atoms with Crippen LogP contribution in [0.15, 0.2) is 35.2 Å². The highest BCUT2D eigenvalue weighted by atomic mass is 32.2. The van der Waals surface area contributed by atoms with Crippen LogP contribution >= 0.6 is 11.8 Å². The van der Waals surface area contributed by atoms with Crippen LogP contribution in [0.3, 0.4) is 0 Å². The summed E-state index contributed by atoms with van der Waals surface area (Å²) in [6, 6.07) is 7.22. The van der Waals surface area contributed by atoms with Crippen LogP contribution in [0.1, 0.15) is 35.7 Å². The summed E-state index contributed by atoms with van der Waals surface area (Å²) >= 11 is 1.59. The van der Waals surface area contributed by atoms with Gasteiger partial charge in [0.25, 0.3) is 0 Å². The zero-order valence-corrected chi connectivity index (χ0v) is 18.5. The van der Waals surface area contributed by atoms with Crippen LogP contribution in [-0.2, 0) is 0 Å². The number of hydrogen-bond acceptors (Lipinski definition) is 7. The van der Waals surface area contributed by atoms with Crippen molar-refractivity contribution in [2.45, 2.75) is 24.7 Å². The average Bonchev–Trinajstić information content (AvgIpc) is 3.23. The number of carbonyl (C=O) groups is 1. The molecule has 160 valence electrons. The molecule has 1 aliphatic heterocycles. The van der Waals surface area contributed by atoms with Crippen molar-refractivity contribution in [2.75, 3.05) is 33.9 Å². The van der Waals surface area contributed by atoms with Gasteiger partial charge in [0, 0.05) is 0 Å². The number of ether oxygens (including phenoxy) is 5. The third-order valence-corrected chi connectivity index (χ3v) is 5.48. The lowest BCUT2D eigenvalue weighted by molar-refractivity contribution is 0.104. The minimum Gasteiger partial charge on any atom is -0.493 e. The normalized spacial score (nSPS) is 12.4. The van der Waals surface area contributed by atoms with Crippen LogP contribution in [0.4, 0.5) is 0 Å². The minimum atomic E-state index is -0.168. The molecule has 30 heavy (non-hydrogen) atoms. The predicted molar refractivity (Wildman–Crippen MR) is 118 cm³/mol. The van der Waals surface area contributed by atoms with E-state index in [2.05, 4.69) is 6.92 Å². The van der Waals surface area contributed by atoms with Gasteiger partial charge in [0.2, 0.25) is 5.75 Å². The Bertz CT molecular complexity index is 913. The van der Waals surface area contributed by atoms with E-state index in [-0.39, 0.29) is 5.78 Å². The van der Waals surface area contributed by atoms with Crippen molar-refractivity contribution in [1.29, 1.82) is 0 Å². The molecule has 1 aliphatic rings. The number of benzene rings is 2. The quantitative estimate of drug-likeness (QED) is 0.290. The van der Waals surface area contributed by atoms with E-state index < -0.39 is 0 Å². The Morgan fingerprint density at radius 3 is 2.43 bits per heavy atom.